The van der Waals surface area contributed by atoms with Crippen molar-refractivity contribution in [2.75, 3.05) is 46.9 Å². The van der Waals surface area contributed by atoms with Gasteiger partial charge in [-0.05, 0) is 43.1 Å². The van der Waals surface area contributed by atoms with Gasteiger partial charge in [-0.3, -0.25) is 4.79 Å². The summed E-state index contributed by atoms with van der Waals surface area (Å²) in [7, 11) is 3.72. The van der Waals surface area contributed by atoms with Gasteiger partial charge in [0.15, 0.2) is 0 Å². The quantitative estimate of drug-likeness (QED) is 0.816. The Hall–Kier alpha value is -1.59. The van der Waals surface area contributed by atoms with E-state index in [1.807, 2.05) is 18.0 Å². The first-order valence-electron chi connectivity index (χ1n) is 7.92. The van der Waals surface area contributed by atoms with Crippen LogP contribution in [0.1, 0.15) is 11.1 Å². The second-order valence-corrected chi connectivity index (χ2v) is 6.08. The molecule has 0 spiro atoms. The molecule has 3 rings (SSSR count). The minimum Gasteiger partial charge on any atom is -0.497 e. The van der Waals surface area contributed by atoms with Gasteiger partial charge < -0.3 is 19.3 Å². The Bertz CT molecular complexity index is 547. The summed E-state index contributed by atoms with van der Waals surface area (Å²) in [5, 5.41) is 0. The normalized spacial score (nSPS) is 22.8. The number of ether oxygens (including phenoxy) is 2. The number of likely N-dealkylation sites (N-methyl/N-ethyl adjacent to an activating group) is 1. The summed E-state index contributed by atoms with van der Waals surface area (Å²) in [4.78, 5) is 16.8. The van der Waals surface area contributed by atoms with E-state index in [-0.39, 0.29) is 12.0 Å². The Morgan fingerprint density at radius 2 is 2.00 bits per heavy atom. The van der Waals surface area contributed by atoms with Crippen LogP contribution < -0.4 is 4.74 Å². The molecule has 2 aliphatic heterocycles. The first-order valence-corrected chi connectivity index (χ1v) is 7.92. The van der Waals surface area contributed by atoms with Gasteiger partial charge in [0, 0.05) is 26.2 Å². The summed E-state index contributed by atoms with van der Waals surface area (Å²) < 4.78 is 11.0. The number of hydrogen-bond donors (Lipinski definition) is 0. The molecule has 1 amide bonds. The molecule has 0 aliphatic carbocycles. The highest BCUT2D eigenvalue weighted by molar-refractivity contribution is 5.81. The third-order valence-electron chi connectivity index (χ3n) is 4.57. The number of amides is 1. The number of carbonyl (C=O) groups is 1. The summed E-state index contributed by atoms with van der Waals surface area (Å²) in [5.74, 6) is 1.02. The molecule has 1 aromatic carbocycles. The third kappa shape index (κ3) is 3.25. The average Bonchev–Trinajstić information content (AvgIpc) is 2.76. The van der Waals surface area contributed by atoms with Crippen molar-refractivity contribution in [1.29, 1.82) is 0 Å². The molecule has 1 atom stereocenters. The molecule has 1 aromatic rings. The second kappa shape index (κ2) is 6.67. The van der Waals surface area contributed by atoms with Crippen molar-refractivity contribution in [1.82, 2.24) is 9.80 Å². The van der Waals surface area contributed by atoms with Crippen molar-refractivity contribution in [2.45, 2.75) is 18.9 Å². The maximum atomic E-state index is 12.7. The highest BCUT2D eigenvalue weighted by Crippen LogP contribution is 2.22. The summed E-state index contributed by atoms with van der Waals surface area (Å²) >= 11 is 0. The minimum absolute atomic E-state index is 0.131. The molecule has 2 heterocycles. The van der Waals surface area contributed by atoms with Crippen LogP contribution in [-0.4, -0.2) is 68.8 Å². The molecular formula is C17H24N2O3. The Morgan fingerprint density at radius 1 is 1.23 bits per heavy atom. The summed E-state index contributed by atoms with van der Waals surface area (Å²) in [5.41, 5.74) is 2.61. The fraction of sp³-hybridized carbons (Fsp3) is 0.588. The van der Waals surface area contributed by atoms with Gasteiger partial charge >= 0.3 is 0 Å². The van der Waals surface area contributed by atoms with E-state index in [0.717, 1.165) is 38.2 Å². The van der Waals surface area contributed by atoms with E-state index in [0.29, 0.717) is 13.2 Å². The van der Waals surface area contributed by atoms with E-state index in [4.69, 9.17) is 9.47 Å². The fourth-order valence-electron chi connectivity index (χ4n) is 3.18. The molecule has 2 aliphatic rings. The van der Waals surface area contributed by atoms with Crippen LogP contribution in [0, 0.1) is 0 Å². The van der Waals surface area contributed by atoms with Crippen LogP contribution in [0.2, 0.25) is 0 Å². The van der Waals surface area contributed by atoms with Gasteiger partial charge in [0.05, 0.1) is 13.7 Å². The smallest absolute Gasteiger partial charge is 0.253 e. The van der Waals surface area contributed by atoms with Crippen LogP contribution in [0.4, 0.5) is 0 Å². The number of benzene rings is 1. The zero-order valence-corrected chi connectivity index (χ0v) is 13.4. The van der Waals surface area contributed by atoms with Gasteiger partial charge in [-0.25, -0.2) is 0 Å². The monoisotopic (exact) mass is 304 g/mol. The second-order valence-electron chi connectivity index (χ2n) is 6.08. The number of carbonyl (C=O) groups excluding carboxylic acids is 1. The lowest BCUT2D eigenvalue weighted by Crippen LogP contribution is -2.50. The van der Waals surface area contributed by atoms with Crippen LogP contribution in [0.15, 0.2) is 18.2 Å². The molecule has 0 aromatic heterocycles. The SMILES string of the molecule is COc1ccc2c(c1)CCN(C(=O)C1CN(C)CCO1)CC2. The molecule has 1 unspecified atom stereocenters. The van der Waals surface area contributed by atoms with Crippen molar-refractivity contribution >= 4 is 5.91 Å². The van der Waals surface area contributed by atoms with Crippen molar-refractivity contribution in [2.24, 2.45) is 0 Å². The van der Waals surface area contributed by atoms with Crippen LogP contribution in [0.3, 0.4) is 0 Å². The maximum Gasteiger partial charge on any atom is 0.253 e. The van der Waals surface area contributed by atoms with E-state index >= 15 is 0 Å². The average molecular weight is 304 g/mol. The number of morpholine rings is 1. The highest BCUT2D eigenvalue weighted by atomic mass is 16.5. The molecule has 5 heteroatoms. The predicted octanol–water partition coefficient (Wildman–Crippen LogP) is 0.953. The summed E-state index contributed by atoms with van der Waals surface area (Å²) in [6.45, 7) is 3.74. The standard InChI is InChI=1S/C17H24N2O3/c1-18-9-10-22-16(12-18)17(20)19-7-5-13-3-4-15(21-2)11-14(13)6-8-19/h3-4,11,16H,5-10,12H2,1-2H3. The lowest BCUT2D eigenvalue weighted by atomic mass is 10.0. The molecular weight excluding hydrogens is 280 g/mol. The topological polar surface area (TPSA) is 42.0 Å². The number of fused-ring (bicyclic) bond motifs is 1. The molecule has 22 heavy (non-hydrogen) atoms. The van der Waals surface area contributed by atoms with Crippen LogP contribution in [0.5, 0.6) is 5.75 Å². The zero-order chi connectivity index (χ0) is 15.5. The molecule has 0 N–H and O–H groups in total. The first kappa shape index (κ1) is 15.3. The van der Waals surface area contributed by atoms with Crippen LogP contribution in [-0.2, 0) is 22.4 Å². The van der Waals surface area contributed by atoms with Gasteiger partial charge in [-0.2, -0.15) is 0 Å². The lowest BCUT2D eigenvalue weighted by Gasteiger charge is -2.32. The number of nitrogens with zero attached hydrogens (tertiary/aromatic N) is 2. The van der Waals surface area contributed by atoms with Gasteiger partial charge in [-0.15, -0.1) is 0 Å². The number of hydrogen-bond acceptors (Lipinski definition) is 4. The van der Waals surface area contributed by atoms with Crippen molar-refractivity contribution < 1.29 is 14.3 Å². The highest BCUT2D eigenvalue weighted by Gasteiger charge is 2.29. The molecule has 0 saturated carbocycles. The molecule has 5 nitrogen and oxygen atoms in total. The largest absolute Gasteiger partial charge is 0.497 e. The Kier molecular flexibility index (Phi) is 4.64. The summed E-state index contributed by atoms with van der Waals surface area (Å²) in [6, 6.07) is 6.21. The van der Waals surface area contributed by atoms with E-state index in [1.165, 1.54) is 11.1 Å². The van der Waals surface area contributed by atoms with E-state index in [1.54, 1.807) is 7.11 Å². The van der Waals surface area contributed by atoms with Crippen molar-refractivity contribution in [3.05, 3.63) is 29.3 Å². The lowest BCUT2D eigenvalue weighted by molar-refractivity contribution is -0.148. The molecule has 0 bridgehead atoms. The van der Waals surface area contributed by atoms with Gasteiger partial charge in [0.1, 0.15) is 11.9 Å². The minimum atomic E-state index is -0.311. The van der Waals surface area contributed by atoms with Crippen molar-refractivity contribution in [3.8, 4) is 5.75 Å². The molecule has 1 saturated heterocycles. The summed E-state index contributed by atoms with van der Waals surface area (Å²) in [6.07, 6.45) is 1.46. The Morgan fingerprint density at radius 3 is 2.73 bits per heavy atom. The molecule has 0 radical (unpaired) electrons. The van der Waals surface area contributed by atoms with Gasteiger partial charge in [0.25, 0.3) is 5.91 Å². The van der Waals surface area contributed by atoms with E-state index in [2.05, 4.69) is 17.0 Å². The van der Waals surface area contributed by atoms with Crippen LogP contribution in [0.25, 0.3) is 0 Å². The van der Waals surface area contributed by atoms with Crippen LogP contribution >= 0.6 is 0 Å². The molecule has 120 valence electrons. The Balaban J connectivity index is 1.67. The van der Waals surface area contributed by atoms with E-state index < -0.39 is 0 Å². The number of methoxy groups -OCH3 is 1. The third-order valence-corrected chi connectivity index (χ3v) is 4.57. The zero-order valence-electron chi connectivity index (χ0n) is 13.4. The Labute approximate surface area is 131 Å². The first-order chi connectivity index (χ1) is 10.7. The van der Waals surface area contributed by atoms with E-state index in [9.17, 15) is 4.79 Å². The maximum absolute atomic E-state index is 12.7. The van der Waals surface area contributed by atoms with Crippen molar-refractivity contribution in [3.63, 3.8) is 0 Å². The van der Waals surface area contributed by atoms with Gasteiger partial charge in [0.2, 0.25) is 0 Å². The fourth-order valence-corrected chi connectivity index (χ4v) is 3.18. The number of rotatable bonds is 2. The van der Waals surface area contributed by atoms with Gasteiger partial charge in [-0.1, -0.05) is 6.07 Å². The molecule has 1 fully saturated rings. The predicted molar refractivity (Wildman–Crippen MR) is 84.2 cm³/mol.